The molecule has 0 saturated carbocycles. The number of rotatable bonds is 7. The molecule has 36 heavy (non-hydrogen) atoms. The number of aromatic nitrogens is 3. The molecule has 5 rings (SSSR count). The van der Waals surface area contributed by atoms with E-state index in [0.717, 1.165) is 28.1 Å². The summed E-state index contributed by atoms with van der Waals surface area (Å²) in [5.41, 5.74) is 5.55. The molecule has 1 fully saturated rings. The Morgan fingerprint density at radius 3 is 2.72 bits per heavy atom. The van der Waals surface area contributed by atoms with Crippen molar-refractivity contribution in [1.29, 1.82) is 0 Å². The molecular weight excluding hydrogens is 474 g/mol. The Morgan fingerprint density at radius 1 is 1.11 bits per heavy atom. The fraction of sp³-hybridized carbons (Fsp3) is 0.115. The van der Waals surface area contributed by atoms with Crippen molar-refractivity contribution in [3.63, 3.8) is 0 Å². The predicted molar refractivity (Wildman–Crippen MR) is 140 cm³/mol. The van der Waals surface area contributed by atoms with Gasteiger partial charge in [0.15, 0.2) is 0 Å². The van der Waals surface area contributed by atoms with Crippen LogP contribution in [0.5, 0.6) is 0 Å². The number of anilines is 3. The van der Waals surface area contributed by atoms with E-state index in [2.05, 4.69) is 30.3 Å². The molecule has 1 saturated heterocycles. The van der Waals surface area contributed by atoms with Gasteiger partial charge in [-0.25, -0.2) is 14.7 Å². The molecule has 0 aliphatic carbocycles. The van der Waals surface area contributed by atoms with Crippen molar-refractivity contribution in [2.24, 2.45) is 0 Å². The molecule has 0 spiro atoms. The first-order chi connectivity index (χ1) is 17.5. The first-order valence-corrected chi connectivity index (χ1v) is 12.0. The quantitative estimate of drug-likeness (QED) is 0.323. The fourth-order valence-corrected chi connectivity index (χ4v) is 4.33. The van der Waals surface area contributed by atoms with Gasteiger partial charge in [-0.05, 0) is 60.5 Å². The number of aryl methyl sites for hydroxylation is 1. The number of benzene rings is 2. The third-order valence-corrected chi connectivity index (χ3v) is 6.40. The van der Waals surface area contributed by atoms with E-state index < -0.39 is 0 Å². The van der Waals surface area contributed by atoms with Crippen molar-refractivity contribution in [2.75, 3.05) is 17.2 Å². The lowest BCUT2D eigenvalue weighted by molar-refractivity contribution is -0.124. The summed E-state index contributed by atoms with van der Waals surface area (Å²) >= 11 is 1.30. The first kappa shape index (κ1) is 23.5. The van der Waals surface area contributed by atoms with E-state index in [0.29, 0.717) is 30.3 Å². The SMILES string of the molecule is Cc1ccc(NC(=O)c2ccc(CN3SNCC3=O)cc2)cc1Nc1nccc(-c2cccnc2)n1. The Bertz CT molecular complexity index is 1400. The van der Waals surface area contributed by atoms with E-state index in [1.807, 2.05) is 55.5 Å². The van der Waals surface area contributed by atoms with Crippen LogP contribution in [0.1, 0.15) is 21.5 Å². The standard InChI is InChI=1S/C26H23N7O2S/c1-17-4-9-21(13-23(17)32-26-28-12-10-22(31-26)20-3-2-11-27-14-20)30-25(35)19-7-5-18(6-8-19)16-33-24(34)15-29-36-33/h2-14,29H,15-16H2,1H3,(H,30,35)(H,28,31,32). The molecule has 2 amide bonds. The van der Waals surface area contributed by atoms with Gasteiger partial charge >= 0.3 is 0 Å². The van der Waals surface area contributed by atoms with Crippen molar-refractivity contribution in [3.8, 4) is 11.3 Å². The second-order valence-electron chi connectivity index (χ2n) is 8.16. The van der Waals surface area contributed by atoms with Crippen LogP contribution in [-0.4, -0.2) is 37.6 Å². The summed E-state index contributed by atoms with van der Waals surface area (Å²) in [5.74, 6) is 0.266. The largest absolute Gasteiger partial charge is 0.324 e. The number of pyridine rings is 1. The second-order valence-corrected chi connectivity index (χ2v) is 9.07. The maximum Gasteiger partial charge on any atom is 0.255 e. The van der Waals surface area contributed by atoms with Crippen LogP contribution in [-0.2, 0) is 11.3 Å². The van der Waals surface area contributed by atoms with Gasteiger partial charge < -0.3 is 10.6 Å². The summed E-state index contributed by atoms with van der Waals surface area (Å²) < 4.78 is 4.61. The predicted octanol–water partition coefficient (Wildman–Crippen LogP) is 4.34. The first-order valence-electron chi connectivity index (χ1n) is 11.3. The lowest BCUT2D eigenvalue weighted by Crippen LogP contribution is -2.20. The van der Waals surface area contributed by atoms with E-state index in [1.54, 1.807) is 35.0 Å². The van der Waals surface area contributed by atoms with E-state index in [9.17, 15) is 9.59 Å². The van der Waals surface area contributed by atoms with Crippen LogP contribution in [0.2, 0.25) is 0 Å². The molecule has 3 heterocycles. The molecule has 3 N–H and O–H groups in total. The molecule has 1 aliphatic heterocycles. The number of amides is 2. The highest BCUT2D eigenvalue weighted by molar-refractivity contribution is 7.96. The molecule has 2 aromatic heterocycles. The summed E-state index contributed by atoms with van der Waals surface area (Å²) in [6.07, 6.45) is 5.16. The maximum absolute atomic E-state index is 12.8. The van der Waals surface area contributed by atoms with Crippen molar-refractivity contribution >= 4 is 41.3 Å². The van der Waals surface area contributed by atoms with Gasteiger partial charge in [0.05, 0.1) is 18.8 Å². The lowest BCUT2D eigenvalue weighted by atomic mass is 10.1. The maximum atomic E-state index is 12.8. The van der Waals surface area contributed by atoms with Crippen molar-refractivity contribution in [1.82, 2.24) is 24.0 Å². The molecule has 4 aromatic rings. The highest BCUT2D eigenvalue weighted by atomic mass is 32.2. The van der Waals surface area contributed by atoms with Crippen molar-refractivity contribution < 1.29 is 9.59 Å². The Hall–Kier alpha value is -4.28. The van der Waals surface area contributed by atoms with Gasteiger partial charge in [-0.1, -0.05) is 18.2 Å². The van der Waals surface area contributed by atoms with Crippen LogP contribution >= 0.6 is 12.1 Å². The minimum absolute atomic E-state index is 0.0415. The smallest absolute Gasteiger partial charge is 0.255 e. The number of hydrogen-bond donors (Lipinski definition) is 3. The van der Waals surface area contributed by atoms with E-state index in [1.165, 1.54) is 12.1 Å². The highest BCUT2D eigenvalue weighted by Crippen LogP contribution is 2.25. The molecule has 0 bridgehead atoms. The van der Waals surface area contributed by atoms with Crippen LogP contribution in [0.4, 0.5) is 17.3 Å². The fourth-order valence-electron chi connectivity index (χ4n) is 3.61. The normalized spacial score (nSPS) is 13.0. The van der Waals surface area contributed by atoms with E-state index >= 15 is 0 Å². The average Bonchev–Trinajstić information content (AvgIpc) is 3.31. The zero-order chi connectivity index (χ0) is 24.9. The molecule has 9 nitrogen and oxygen atoms in total. The minimum Gasteiger partial charge on any atom is -0.324 e. The van der Waals surface area contributed by atoms with E-state index in [4.69, 9.17) is 0 Å². The van der Waals surface area contributed by atoms with Crippen LogP contribution in [0.3, 0.4) is 0 Å². The molecule has 0 atom stereocenters. The van der Waals surface area contributed by atoms with Crippen LogP contribution < -0.4 is 15.4 Å². The van der Waals surface area contributed by atoms with Gasteiger partial charge in [-0.3, -0.25) is 18.9 Å². The van der Waals surface area contributed by atoms with Crippen molar-refractivity contribution in [2.45, 2.75) is 13.5 Å². The van der Waals surface area contributed by atoms with Gasteiger partial charge in [0.1, 0.15) is 0 Å². The van der Waals surface area contributed by atoms with Gasteiger partial charge in [0.25, 0.3) is 5.91 Å². The van der Waals surface area contributed by atoms with Crippen molar-refractivity contribution in [3.05, 3.63) is 95.9 Å². The Morgan fingerprint density at radius 2 is 1.97 bits per heavy atom. The Labute approximate surface area is 212 Å². The third-order valence-electron chi connectivity index (χ3n) is 5.57. The molecule has 180 valence electrons. The molecule has 0 radical (unpaired) electrons. The average molecular weight is 498 g/mol. The lowest BCUT2D eigenvalue weighted by Gasteiger charge is -2.13. The van der Waals surface area contributed by atoms with Gasteiger partial charge in [0, 0.05) is 53.2 Å². The summed E-state index contributed by atoms with van der Waals surface area (Å²) in [4.78, 5) is 37.7. The monoisotopic (exact) mass is 497 g/mol. The second kappa shape index (κ2) is 10.5. The number of nitrogens with one attached hydrogen (secondary N) is 3. The summed E-state index contributed by atoms with van der Waals surface area (Å²) in [7, 11) is 0. The molecule has 0 unspecified atom stereocenters. The van der Waals surface area contributed by atoms with Gasteiger partial charge in [0.2, 0.25) is 11.9 Å². The topological polar surface area (TPSA) is 112 Å². The van der Waals surface area contributed by atoms with Gasteiger partial charge in [-0.2, -0.15) is 0 Å². The summed E-state index contributed by atoms with van der Waals surface area (Å²) in [6.45, 7) is 2.78. The van der Waals surface area contributed by atoms with Gasteiger partial charge in [-0.15, -0.1) is 0 Å². The molecule has 10 heteroatoms. The Balaban J connectivity index is 1.26. The third kappa shape index (κ3) is 5.51. The number of carbonyl (C=O) groups is 2. The zero-order valence-corrected chi connectivity index (χ0v) is 20.2. The van der Waals surface area contributed by atoms with Crippen LogP contribution in [0.15, 0.2) is 79.3 Å². The molecule has 1 aliphatic rings. The zero-order valence-electron chi connectivity index (χ0n) is 19.4. The highest BCUT2D eigenvalue weighted by Gasteiger charge is 2.21. The Kier molecular flexibility index (Phi) is 6.87. The van der Waals surface area contributed by atoms with Crippen LogP contribution in [0.25, 0.3) is 11.3 Å². The van der Waals surface area contributed by atoms with E-state index in [-0.39, 0.29) is 11.8 Å². The van der Waals surface area contributed by atoms with Crippen LogP contribution in [0, 0.1) is 6.92 Å². The summed E-state index contributed by atoms with van der Waals surface area (Å²) in [6, 6.07) is 18.5. The number of carbonyl (C=O) groups excluding carboxylic acids is 2. The molecule has 2 aromatic carbocycles. The minimum atomic E-state index is -0.223. The number of nitrogens with zero attached hydrogens (tertiary/aromatic N) is 4. The molecular formula is C26H23N7O2S. The summed E-state index contributed by atoms with van der Waals surface area (Å²) in [5, 5.41) is 6.19. The number of hydrogen-bond acceptors (Lipinski definition) is 8.